The van der Waals surface area contributed by atoms with Gasteiger partial charge in [-0.25, -0.2) is 4.98 Å². The minimum atomic E-state index is -0.0945. The van der Waals surface area contributed by atoms with E-state index in [1.165, 1.54) is 0 Å². The number of hydrogen-bond donors (Lipinski definition) is 1. The van der Waals surface area contributed by atoms with Gasteiger partial charge in [0.05, 0.1) is 18.7 Å². The second-order valence-corrected chi connectivity index (χ2v) is 6.46. The normalized spacial score (nSPS) is 10.5. The van der Waals surface area contributed by atoms with E-state index in [-0.39, 0.29) is 12.3 Å². The Hall–Kier alpha value is -2.70. The zero-order valence-electron chi connectivity index (χ0n) is 14.5. The predicted octanol–water partition coefficient (Wildman–Crippen LogP) is 4.02. The molecule has 1 N–H and O–H groups in total. The van der Waals surface area contributed by atoms with Crippen LogP contribution < -0.4 is 10.1 Å². The highest BCUT2D eigenvalue weighted by molar-refractivity contribution is 7.13. The van der Waals surface area contributed by atoms with Gasteiger partial charge in [0.25, 0.3) is 0 Å². The van der Waals surface area contributed by atoms with Crippen LogP contribution in [0.3, 0.4) is 0 Å². The molecule has 134 valence electrons. The summed E-state index contributed by atoms with van der Waals surface area (Å²) in [5, 5.41) is 5.73. The van der Waals surface area contributed by atoms with Crippen LogP contribution >= 0.6 is 11.3 Å². The first-order valence-corrected chi connectivity index (χ1v) is 9.14. The Morgan fingerprint density at radius 1 is 1.08 bits per heavy atom. The van der Waals surface area contributed by atoms with Crippen LogP contribution in [0.25, 0.3) is 10.6 Å². The quantitative estimate of drug-likeness (QED) is 0.610. The molecule has 0 aliphatic heterocycles. The van der Waals surface area contributed by atoms with E-state index in [9.17, 15) is 4.79 Å². The molecule has 0 bridgehead atoms. The van der Waals surface area contributed by atoms with E-state index in [0.717, 1.165) is 27.7 Å². The van der Waals surface area contributed by atoms with Crippen molar-refractivity contribution in [2.24, 2.45) is 0 Å². The lowest BCUT2D eigenvalue weighted by Gasteiger charge is -2.07. The molecule has 1 aromatic heterocycles. The van der Waals surface area contributed by atoms with Crippen molar-refractivity contribution in [2.75, 3.05) is 25.6 Å². The lowest BCUT2D eigenvalue weighted by Crippen LogP contribution is -2.14. The molecule has 0 unspecified atom stereocenters. The number of aromatic nitrogens is 1. The maximum absolute atomic E-state index is 12.2. The van der Waals surface area contributed by atoms with Gasteiger partial charge in [0.2, 0.25) is 5.91 Å². The molecule has 0 aliphatic carbocycles. The summed E-state index contributed by atoms with van der Waals surface area (Å²) in [5.74, 6) is 0.648. The molecule has 0 saturated carbocycles. The van der Waals surface area contributed by atoms with Gasteiger partial charge in [-0.3, -0.25) is 4.79 Å². The van der Waals surface area contributed by atoms with Gasteiger partial charge in [-0.2, -0.15) is 0 Å². The molecule has 2 aromatic carbocycles. The van der Waals surface area contributed by atoms with Gasteiger partial charge in [-0.05, 0) is 24.3 Å². The summed E-state index contributed by atoms with van der Waals surface area (Å²) < 4.78 is 10.4. The van der Waals surface area contributed by atoms with Gasteiger partial charge in [0.1, 0.15) is 17.4 Å². The summed E-state index contributed by atoms with van der Waals surface area (Å²) in [4.78, 5) is 16.8. The van der Waals surface area contributed by atoms with Crippen molar-refractivity contribution in [3.63, 3.8) is 0 Å². The number of amides is 1. The highest BCUT2D eigenvalue weighted by Crippen LogP contribution is 2.23. The standard InChI is InChI=1S/C20H20N2O3S/c1-24-11-12-25-18-9-7-16(8-10-18)21-19(23)13-17-14-26-20(22-17)15-5-3-2-4-6-15/h2-10,14H,11-13H2,1H3,(H,21,23). The number of benzene rings is 2. The van der Waals surface area contributed by atoms with Crippen LogP contribution in [0.4, 0.5) is 5.69 Å². The number of anilines is 1. The fourth-order valence-electron chi connectivity index (χ4n) is 2.35. The number of thiazole rings is 1. The average molecular weight is 368 g/mol. The lowest BCUT2D eigenvalue weighted by atomic mass is 10.2. The van der Waals surface area contributed by atoms with Gasteiger partial charge < -0.3 is 14.8 Å². The van der Waals surface area contributed by atoms with Gasteiger partial charge >= 0.3 is 0 Å². The summed E-state index contributed by atoms with van der Waals surface area (Å²) in [6.07, 6.45) is 0.245. The molecule has 26 heavy (non-hydrogen) atoms. The third-order valence-corrected chi connectivity index (χ3v) is 4.55. The maximum Gasteiger partial charge on any atom is 0.230 e. The first-order chi connectivity index (χ1) is 12.7. The number of rotatable bonds is 8. The molecule has 0 radical (unpaired) electrons. The molecule has 0 saturated heterocycles. The van der Waals surface area contributed by atoms with Crippen LogP contribution in [0.15, 0.2) is 60.0 Å². The second kappa shape index (κ2) is 9.12. The molecule has 0 fully saturated rings. The van der Waals surface area contributed by atoms with E-state index in [1.807, 2.05) is 60.0 Å². The average Bonchev–Trinajstić information content (AvgIpc) is 3.12. The molecule has 3 rings (SSSR count). The molecule has 0 atom stereocenters. The molecule has 1 heterocycles. The van der Waals surface area contributed by atoms with Crippen LogP contribution in [0.1, 0.15) is 5.69 Å². The number of ether oxygens (including phenoxy) is 2. The molecule has 1 amide bonds. The largest absolute Gasteiger partial charge is 0.491 e. The van der Waals surface area contributed by atoms with Crippen molar-refractivity contribution in [1.29, 1.82) is 0 Å². The van der Waals surface area contributed by atoms with E-state index >= 15 is 0 Å². The van der Waals surface area contributed by atoms with Crippen LogP contribution in [-0.2, 0) is 16.0 Å². The van der Waals surface area contributed by atoms with Gasteiger partial charge in [-0.15, -0.1) is 11.3 Å². The number of carbonyl (C=O) groups is 1. The predicted molar refractivity (Wildman–Crippen MR) is 104 cm³/mol. The molecule has 0 spiro atoms. The molecule has 5 nitrogen and oxygen atoms in total. The minimum absolute atomic E-state index is 0.0945. The zero-order valence-corrected chi connectivity index (χ0v) is 15.3. The van der Waals surface area contributed by atoms with Crippen LogP contribution in [0.2, 0.25) is 0 Å². The van der Waals surface area contributed by atoms with Crippen LogP contribution in [0.5, 0.6) is 5.75 Å². The smallest absolute Gasteiger partial charge is 0.230 e. The second-order valence-electron chi connectivity index (χ2n) is 5.60. The maximum atomic E-state index is 12.2. The van der Waals surface area contributed by atoms with Gasteiger partial charge in [0, 0.05) is 23.7 Å². The van der Waals surface area contributed by atoms with Crippen molar-refractivity contribution in [2.45, 2.75) is 6.42 Å². The van der Waals surface area contributed by atoms with Crippen molar-refractivity contribution < 1.29 is 14.3 Å². The van der Waals surface area contributed by atoms with Crippen molar-refractivity contribution in [3.8, 4) is 16.3 Å². The van der Waals surface area contributed by atoms with Crippen LogP contribution in [-0.4, -0.2) is 31.2 Å². The summed E-state index contributed by atoms with van der Waals surface area (Å²) in [5.41, 5.74) is 2.56. The fourth-order valence-corrected chi connectivity index (χ4v) is 3.17. The van der Waals surface area contributed by atoms with Gasteiger partial charge in [-0.1, -0.05) is 30.3 Å². The number of hydrogen-bond acceptors (Lipinski definition) is 5. The first kappa shape index (κ1) is 18.1. The number of carbonyl (C=O) groups excluding carboxylic acids is 1. The summed E-state index contributed by atoms with van der Waals surface area (Å²) in [6, 6.07) is 17.2. The molecular weight excluding hydrogens is 348 g/mol. The van der Waals surface area contributed by atoms with E-state index < -0.39 is 0 Å². The van der Waals surface area contributed by atoms with Crippen molar-refractivity contribution >= 4 is 22.9 Å². The molecule has 3 aromatic rings. The summed E-state index contributed by atoms with van der Waals surface area (Å²) in [6.45, 7) is 1.03. The fraction of sp³-hybridized carbons (Fsp3) is 0.200. The molecule has 6 heteroatoms. The number of methoxy groups -OCH3 is 1. The Labute approximate surface area is 156 Å². The minimum Gasteiger partial charge on any atom is -0.491 e. The number of nitrogens with zero attached hydrogens (tertiary/aromatic N) is 1. The highest BCUT2D eigenvalue weighted by Gasteiger charge is 2.09. The Kier molecular flexibility index (Phi) is 6.35. The van der Waals surface area contributed by atoms with E-state index in [2.05, 4.69) is 10.3 Å². The highest BCUT2D eigenvalue weighted by atomic mass is 32.1. The molecular formula is C20H20N2O3S. The third kappa shape index (κ3) is 5.15. The Morgan fingerprint density at radius 3 is 2.58 bits per heavy atom. The molecule has 0 aliphatic rings. The monoisotopic (exact) mass is 368 g/mol. The third-order valence-electron chi connectivity index (χ3n) is 3.61. The summed E-state index contributed by atoms with van der Waals surface area (Å²) in [7, 11) is 1.63. The zero-order chi connectivity index (χ0) is 18.2. The van der Waals surface area contributed by atoms with Crippen LogP contribution in [0, 0.1) is 0 Å². The first-order valence-electron chi connectivity index (χ1n) is 8.26. The van der Waals surface area contributed by atoms with Gasteiger partial charge in [0.15, 0.2) is 0 Å². The van der Waals surface area contributed by atoms with E-state index in [0.29, 0.717) is 13.2 Å². The lowest BCUT2D eigenvalue weighted by molar-refractivity contribution is -0.115. The summed E-state index contributed by atoms with van der Waals surface area (Å²) >= 11 is 1.54. The SMILES string of the molecule is COCCOc1ccc(NC(=O)Cc2csc(-c3ccccc3)n2)cc1. The van der Waals surface area contributed by atoms with Crippen molar-refractivity contribution in [1.82, 2.24) is 4.98 Å². The number of nitrogens with one attached hydrogen (secondary N) is 1. The Morgan fingerprint density at radius 2 is 1.85 bits per heavy atom. The topological polar surface area (TPSA) is 60.5 Å². The van der Waals surface area contributed by atoms with E-state index in [1.54, 1.807) is 18.4 Å². The Balaban J connectivity index is 1.53. The Bertz CT molecular complexity index is 832. The van der Waals surface area contributed by atoms with E-state index in [4.69, 9.17) is 9.47 Å². The van der Waals surface area contributed by atoms with Crippen molar-refractivity contribution in [3.05, 3.63) is 65.7 Å².